The molecule has 1 aromatic heterocycles. The minimum Gasteiger partial charge on any atom is -0.338 e. The average Bonchev–Trinajstić information content (AvgIpc) is 3.35. The summed E-state index contributed by atoms with van der Waals surface area (Å²) in [5, 5.41) is 4.24. The zero-order valence-corrected chi connectivity index (χ0v) is 17.1. The Hall–Kier alpha value is -1.00. The van der Waals surface area contributed by atoms with Crippen molar-refractivity contribution in [3.05, 3.63) is 39.4 Å². The number of benzene rings is 1. The van der Waals surface area contributed by atoms with Gasteiger partial charge in [-0.1, -0.05) is 32.7 Å². The highest BCUT2D eigenvalue weighted by Crippen LogP contribution is 2.38. The normalized spacial score (nSPS) is 19.8. The molecule has 2 aromatic rings. The molecule has 1 aliphatic heterocycles. The lowest BCUT2D eigenvalue weighted by Gasteiger charge is -2.33. The van der Waals surface area contributed by atoms with Gasteiger partial charge in [0.05, 0.1) is 11.6 Å². The van der Waals surface area contributed by atoms with Crippen LogP contribution in [0.2, 0.25) is 5.02 Å². The Balaban J connectivity index is 1.39. The number of hydrogen-bond acceptors (Lipinski definition) is 6. The van der Waals surface area contributed by atoms with Gasteiger partial charge in [0.15, 0.2) is 5.82 Å². The summed E-state index contributed by atoms with van der Waals surface area (Å²) in [5.74, 6) is 1.86. The number of piperazine rings is 1. The molecule has 10 heteroatoms. The summed E-state index contributed by atoms with van der Waals surface area (Å²) in [5.41, 5.74) is 0. The van der Waals surface area contributed by atoms with Gasteiger partial charge in [-0.05, 0) is 31.0 Å². The third-order valence-corrected chi connectivity index (χ3v) is 7.50. The zero-order chi connectivity index (χ0) is 18.3. The lowest BCUT2D eigenvalue weighted by Crippen LogP contribution is -2.48. The van der Waals surface area contributed by atoms with Crippen molar-refractivity contribution in [2.45, 2.75) is 30.2 Å². The molecule has 0 bridgehead atoms. The molecule has 0 N–H and O–H groups in total. The number of nitrogens with zero attached hydrogens (tertiary/aromatic N) is 4. The minimum atomic E-state index is -3.60. The van der Waals surface area contributed by atoms with Crippen molar-refractivity contribution in [2.75, 3.05) is 26.2 Å². The Morgan fingerprint density at radius 3 is 2.62 bits per heavy atom. The molecule has 1 aliphatic carbocycles. The van der Waals surface area contributed by atoms with Gasteiger partial charge in [-0.3, -0.25) is 4.90 Å². The summed E-state index contributed by atoms with van der Waals surface area (Å²) in [7, 11) is -3.60. The molecular weight excluding hydrogens is 444 g/mol. The van der Waals surface area contributed by atoms with E-state index in [1.54, 1.807) is 12.1 Å². The van der Waals surface area contributed by atoms with Gasteiger partial charge >= 0.3 is 0 Å². The summed E-state index contributed by atoms with van der Waals surface area (Å²) >= 11 is 9.42. The fourth-order valence-corrected chi connectivity index (χ4v) is 5.42. The van der Waals surface area contributed by atoms with E-state index in [0.717, 1.165) is 23.1 Å². The molecule has 1 aromatic carbocycles. The molecule has 4 rings (SSSR count). The van der Waals surface area contributed by atoms with Crippen LogP contribution in [0.3, 0.4) is 0 Å². The predicted molar refractivity (Wildman–Crippen MR) is 99.5 cm³/mol. The molecule has 7 nitrogen and oxygen atoms in total. The Morgan fingerprint density at radius 2 is 1.96 bits per heavy atom. The standard InChI is InChI=1S/C16H18BrClN4O3S/c17-12-3-4-14(13(18)9-12)26(23,24)22-7-5-21(6-8-22)10-15-19-16(20-25-15)11-1-2-11/h3-4,9,11H,1-2,5-8,10H2. The number of aromatic nitrogens is 2. The highest BCUT2D eigenvalue weighted by molar-refractivity contribution is 9.10. The van der Waals surface area contributed by atoms with Crippen LogP contribution in [0.15, 0.2) is 32.1 Å². The Morgan fingerprint density at radius 1 is 1.23 bits per heavy atom. The molecule has 0 amide bonds. The second kappa shape index (κ2) is 7.20. The lowest BCUT2D eigenvalue weighted by atomic mass is 10.3. The fraction of sp³-hybridized carbons (Fsp3) is 0.500. The number of rotatable bonds is 5. The molecule has 0 unspecified atom stereocenters. The van der Waals surface area contributed by atoms with Crippen LogP contribution in [0.4, 0.5) is 0 Å². The van der Waals surface area contributed by atoms with E-state index in [-0.39, 0.29) is 9.92 Å². The zero-order valence-electron chi connectivity index (χ0n) is 13.9. The quantitative estimate of drug-likeness (QED) is 0.681. The van der Waals surface area contributed by atoms with Gasteiger partial charge in [0.1, 0.15) is 4.90 Å². The molecule has 1 saturated carbocycles. The van der Waals surface area contributed by atoms with Crippen LogP contribution in [-0.2, 0) is 16.6 Å². The van der Waals surface area contributed by atoms with Crippen molar-refractivity contribution in [1.82, 2.24) is 19.3 Å². The summed E-state index contributed by atoms with van der Waals surface area (Å²) in [4.78, 5) is 6.69. The fourth-order valence-electron chi connectivity index (χ4n) is 2.98. The van der Waals surface area contributed by atoms with E-state index in [9.17, 15) is 8.42 Å². The van der Waals surface area contributed by atoms with Crippen molar-refractivity contribution in [2.24, 2.45) is 0 Å². The molecule has 2 fully saturated rings. The summed E-state index contributed by atoms with van der Waals surface area (Å²) < 4.78 is 33.2. The molecule has 26 heavy (non-hydrogen) atoms. The van der Waals surface area contributed by atoms with E-state index in [1.807, 2.05) is 0 Å². The minimum absolute atomic E-state index is 0.141. The smallest absolute Gasteiger partial charge is 0.244 e. The van der Waals surface area contributed by atoms with E-state index >= 15 is 0 Å². The molecule has 140 valence electrons. The van der Waals surface area contributed by atoms with E-state index in [4.69, 9.17) is 16.1 Å². The molecule has 2 heterocycles. The van der Waals surface area contributed by atoms with Crippen molar-refractivity contribution < 1.29 is 12.9 Å². The van der Waals surface area contributed by atoms with Gasteiger partial charge in [-0.2, -0.15) is 9.29 Å². The largest absolute Gasteiger partial charge is 0.338 e. The van der Waals surface area contributed by atoms with Crippen LogP contribution in [-0.4, -0.2) is 53.9 Å². The maximum atomic E-state index is 12.8. The van der Waals surface area contributed by atoms with Gasteiger partial charge in [-0.15, -0.1) is 0 Å². The first-order chi connectivity index (χ1) is 12.4. The van der Waals surface area contributed by atoms with Gasteiger partial charge in [-0.25, -0.2) is 8.42 Å². The summed E-state index contributed by atoms with van der Waals surface area (Å²) in [6.45, 7) is 2.56. The van der Waals surface area contributed by atoms with Crippen LogP contribution in [0.25, 0.3) is 0 Å². The molecule has 2 aliphatic rings. The second-order valence-corrected chi connectivity index (χ2v) is 9.80. The molecule has 0 atom stereocenters. The lowest BCUT2D eigenvalue weighted by molar-refractivity contribution is 0.163. The number of sulfonamides is 1. The highest BCUT2D eigenvalue weighted by Gasteiger charge is 2.32. The maximum Gasteiger partial charge on any atom is 0.244 e. The van der Waals surface area contributed by atoms with Gasteiger partial charge in [0.2, 0.25) is 15.9 Å². The van der Waals surface area contributed by atoms with Gasteiger partial charge in [0.25, 0.3) is 0 Å². The third kappa shape index (κ3) is 3.82. The van der Waals surface area contributed by atoms with Crippen molar-refractivity contribution in [3.63, 3.8) is 0 Å². The highest BCUT2D eigenvalue weighted by atomic mass is 79.9. The Labute approximate surface area is 165 Å². The summed E-state index contributed by atoms with van der Waals surface area (Å²) in [6, 6.07) is 4.81. The van der Waals surface area contributed by atoms with E-state index < -0.39 is 10.0 Å². The number of hydrogen-bond donors (Lipinski definition) is 0. The van der Waals surface area contributed by atoms with Gasteiger partial charge < -0.3 is 4.52 Å². The van der Waals surface area contributed by atoms with Crippen LogP contribution in [0.5, 0.6) is 0 Å². The SMILES string of the molecule is O=S(=O)(c1ccc(Br)cc1Cl)N1CCN(Cc2nc(C3CC3)no2)CC1. The Bertz CT molecular complexity index is 908. The second-order valence-electron chi connectivity index (χ2n) is 6.58. The monoisotopic (exact) mass is 460 g/mol. The van der Waals surface area contributed by atoms with Crippen LogP contribution in [0.1, 0.15) is 30.5 Å². The Kier molecular flexibility index (Phi) is 5.08. The topological polar surface area (TPSA) is 79.5 Å². The van der Waals surface area contributed by atoms with Crippen molar-refractivity contribution in [3.8, 4) is 0 Å². The summed E-state index contributed by atoms with van der Waals surface area (Å²) in [6.07, 6.45) is 2.27. The maximum absolute atomic E-state index is 12.8. The van der Waals surface area contributed by atoms with Crippen molar-refractivity contribution >= 4 is 37.6 Å². The average molecular weight is 462 g/mol. The van der Waals surface area contributed by atoms with E-state index in [1.165, 1.54) is 10.4 Å². The third-order valence-electron chi connectivity index (χ3n) is 4.63. The molecule has 1 saturated heterocycles. The first kappa shape index (κ1) is 18.4. The first-order valence-corrected chi connectivity index (χ1v) is 11.0. The van der Waals surface area contributed by atoms with E-state index in [0.29, 0.717) is 44.5 Å². The predicted octanol–water partition coefficient (Wildman–Crippen LogP) is 2.87. The van der Waals surface area contributed by atoms with Crippen molar-refractivity contribution in [1.29, 1.82) is 0 Å². The van der Waals surface area contributed by atoms with Crippen LogP contribution in [0, 0.1) is 0 Å². The van der Waals surface area contributed by atoms with E-state index in [2.05, 4.69) is 31.0 Å². The van der Waals surface area contributed by atoms with Gasteiger partial charge in [0, 0.05) is 36.6 Å². The molecule has 0 spiro atoms. The molecule has 0 radical (unpaired) electrons. The first-order valence-electron chi connectivity index (χ1n) is 8.43. The number of halogens is 2. The van der Waals surface area contributed by atoms with Crippen LogP contribution >= 0.6 is 27.5 Å². The van der Waals surface area contributed by atoms with Crippen LogP contribution < -0.4 is 0 Å². The molecular formula is C16H18BrClN4O3S.